The number of unbranched alkanes of at least 4 members (excludes halogenated alkanes) is 1. The van der Waals surface area contributed by atoms with Crippen molar-refractivity contribution in [3.05, 3.63) is 54.1 Å². The Labute approximate surface area is 194 Å². The van der Waals surface area contributed by atoms with Crippen molar-refractivity contribution in [1.29, 1.82) is 5.41 Å². The molecule has 0 unspecified atom stereocenters. The van der Waals surface area contributed by atoms with E-state index in [9.17, 15) is 13.2 Å². The number of rotatable bonds is 8. The van der Waals surface area contributed by atoms with Gasteiger partial charge in [0.15, 0.2) is 0 Å². The van der Waals surface area contributed by atoms with E-state index in [-0.39, 0.29) is 4.90 Å². The molecule has 0 spiro atoms. The fraction of sp³-hybridized carbons (Fsp3) is 0.364. The Morgan fingerprint density at radius 1 is 1.03 bits per heavy atom. The predicted molar refractivity (Wildman–Crippen MR) is 130 cm³/mol. The first-order valence-electron chi connectivity index (χ1n) is 10.9. The first-order valence-corrected chi connectivity index (χ1v) is 12.4. The molecular weight excluding hydrogens is 442 g/mol. The van der Waals surface area contributed by atoms with Crippen LogP contribution < -0.4 is 21.3 Å². The number of nitrogens with one attached hydrogen (secondary N) is 4. The summed E-state index contributed by atoms with van der Waals surface area (Å²) in [5, 5.41) is 14.0. The number of benzene rings is 2. The summed E-state index contributed by atoms with van der Waals surface area (Å²) >= 11 is 0. The third-order valence-corrected chi connectivity index (χ3v) is 6.69. The lowest BCUT2D eigenvalue weighted by Gasteiger charge is -2.36. The van der Waals surface area contributed by atoms with Gasteiger partial charge in [-0.2, -0.15) is 4.83 Å². The van der Waals surface area contributed by atoms with Crippen LogP contribution in [0, 0.1) is 5.41 Å². The fourth-order valence-electron chi connectivity index (χ4n) is 3.58. The summed E-state index contributed by atoms with van der Waals surface area (Å²) in [4.78, 5) is 18.6. The molecule has 0 radical (unpaired) electrons. The fourth-order valence-corrected chi connectivity index (χ4v) is 4.21. The van der Waals surface area contributed by atoms with Crippen LogP contribution in [-0.2, 0) is 10.0 Å². The van der Waals surface area contributed by atoms with Gasteiger partial charge in [0, 0.05) is 43.1 Å². The zero-order valence-corrected chi connectivity index (χ0v) is 19.5. The van der Waals surface area contributed by atoms with Crippen LogP contribution in [0.5, 0.6) is 0 Å². The van der Waals surface area contributed by atoms with E-state index in [1.54, 1.807) is 23.0 Å². The number of amides is 2. The van der Waals surface area contributed by atoms with Crippen molar-refractivity contribution < 1.29 is 13.2 Å². The molecule has 0 aromatic heterocycles. The second-order valence-electron chi connectivity index (χ2n) is 7.84. The summed E-state index contributed by atoms with van der Waals surface area (Å²) in [5.41, 5.74) is 1.72. The Hall–Kier alpha value is -2.99. The third kappa shape index (κ3) is 6.75. The lowest BCUT2D eigenvalue weighted by Crippen LogP contribution is -2.48. The maximum atomic E-state index is 12.4. The third-order valence-electron chi connectivity index (χ3n) is 5.49. The molecule has 1 aliphatic heterocycles. The number of urea groups is 1. The highest BCUT2D eigenvalue weighted by molar-refractivity contribution is 7.89. The highest BCUT2D eigenvalue weighted by atomic mass is 32.2. The molecule has 10 nitrogen and oxygen atoms in total. The molecule has 1 aliphatic rings. The van der Waals surface area contributed by atoms with Crippen LogP contribution in [0.2, 0.25) is 0 Å². The van der Waals surface area contributed by atoms with E-state index in [2.05, 4.69) is 27.4 Å². The number of hydrogen-bond donors (Lipinski definition) is 5. The average molecular weight is 474 g/mol. The van der Waals surface area contributed by atoms with Crippen molar-refractivity contribution in [3.63, 3.8) is 0 Å². The van der Waals surface area contributed by atoms with Crippen molar-refractivity contribution in [2.75, 3.05) is 43.4 Å². The molecule has 6 N–H and O–H groups in total. The minimum Gasteiger partial charge on any atom is -0.354 e. The van der Waals surface area contributed by atoms with Gasteiger partial charge in [-0.3, -0.25) is 16.2 Å². The van der Waals surface area contributed by atoms with Gasteiger partial charge in [0.1, 0.15) is 5.84 Å². The highest BCUT2D eigenvalue weighted by Gasteiger charge is 2.20. The van der Waals surface area contributed by atoms with Crippen LogP contribution >= 0.6 is 0 Å². The number of anilines is 2. The number of hydrogen-bond acceptors (Lipinski definition) is 6. The lowest BCUT2D eigenvalue weighted by molar-refractivity contribution is 0.180. The number of piperazine rings is 1. The molecule has 3 rings (SSSR count). The van der Waals surface area contributed by atoms with E-state index in [4.69, 9.17) is 11.3 Å². The van der Waals surface area contributed by atoms with Gasteiger partial charge in [-0.25, -0.2) is 13.2 Å². The molecule has 178 valence electrons. The second kappa shape index (κ2) is 11.2. The van der Waals surface area contributed by atoms with Crippen molar-refractivity contribution in [2.45, 2.75) is 24.7 Å². The molecule has 1 saturated heterocycles. The molecule has 0 aliphatic carbocycles. The van der Waals surface area contributed by atoms with Gasteiger partial charge in [0.2, 0.25) is 0 Å². The number of nitrogens with zero attached hydrogens (tertiary/aromatic N) is 2. The summed E-state index contributed by atoms with van der Waals surface area (Å²) in [6.07, 6.45) is 2.38. The Morgan fingerprint density at radius 2 is 1.70 bits per heavy atom. The molecule has 11 heteroatoms. The van der Waals surface area contributed by atoms with Crippen molar-refractivity contribution in [2.24, 2.45) is 5.84 Å². The Kier molecular flexibility index (Phi) is 8.39. The zero-order valence-electron chi connectivity index (χ0n) is 18.7. The molecule has 1 heterocycles. The standard InChI is InChI=1S/C22H31N7O3S/c1-2-3-11-28-12-14-29(15-13-28)21(23)17-5-4-6-19(16-17)26-22(30)25-18-7-9-20(10-8-18)33(31,32)27-24/h4-10,16,23,27H,2-3,11-15,24H2,1H3,(H2,25,26,30). The second-order valence-corrected chi connectivity index (χ2v) is 9.55. The molecule has 0 atom stereocenters. The Balaban J connectivity index is 1.56. The number of nitrogens with two attached hydrogens (primary N) is 1. The maximum Gasteiger partial charge on any atom is 0.323 e. The molecule has 2 aromatic carbocycles. The van der Waals surface area contributed by atoms with E-state index in [0.29, 0.717) is 17.2 Å². The van der Waals surface area contributed by atoms with Crippen molar-refractivity contribution in [3.8, 4) is 0 Å². The summed E-state index contributed by atoms with van der Waals surface area (Å²) in [6, 6.07) is 12.3. The zero-order chi connectivity index (χ0) is 23.8. The molecule has 2 aromatic rings. The Morgan fingerprint density at radius 3 is 2.33 bits per heavy atom. The first kappa shape index (κ1) is 24.6. The predicted octanol–water partition coefficient (Wildman–Crippen LogP) is 2.23. The van der Waals surface area contributed by atoms with Gasteiger partial charge < -0.3 is 15.5 Å². The maximum absolute atomic E-state index is 12.4. The van der Waals surface area contributed by atoms with Crippen LogP contribution in [0.25, 0.3) is 0 Å². The van der Waals surface area contributed by atoms with Crippen molar-refractivity contribution in [1.82, 2.24) is 14.6 Å². The van der Waals surface area contributed by atoms with E-state index in [0.717, 1.165) is 38.3 Å². The van der Waals surface area contributed by atoms with Crippen LogP contribution in [0.15, 0.2) is 53.4 Å². The number of amidine groups is 1. The SMILES string of the molecule is CCCCN1CCN(C(=N)c2cccc(NC(=O)Nc3ccc(S(=O)(=O)NN)cc3)c2)CC1. The summed E-state index contributed by atoms with van der Waals surface area (Å²) in [5.74, 6) is 5.45. The summed E-state index contributed by atoms with van der Waals surface area (Å²) in [6.45, 7) is 6.82. The lowest BCUT2D eigenvalue weighted by atomic mass is 10.1. The van der Waals surface area contributed by atoms with Crippen LogP contribution in [0.4, 0.5) is 16.2 Å². The largest absolute Gasteiger partial charge is 0.354 e. The average Bonchev–Trinajstić information content (AvgIpc) is 2.83. The normalized spacial score (nSPS) is 14.7. The van der Waals surface area contributed by atoms with Gasteiger partial charge >= 0.3 is 6.03 Å². The number of sulfonamides is 1. The van der Waals surface area contributed by atoms with Crippen LogP contribution in [-0.4, -0.2) is 62.8 Å². The number of hydrazine groups is 1. The van der Waals surface area contributed by atoms with Gasteiger partial charge in [-0.05, 0) is 49.4 Å². The van der Waals surface area contributed by atoms with Gasteiger partial charge in [0.05, 0.1) is 4.90 Å². The highest BCUT2D eigenvalue weighted by Crippen LogP contribution is 2.17. The smallest absolute Gasteiger partial charge is 0.323 e. The molecule has 0 saturated carbocycles. The minimum absolute atomic E-state index is 0.00614. The van der Waals surface area contributed by atoms with E-state index < -0.39 is 16.1 Å². The summed E-state index contributed by atoms with van der Waals surface area (Å²) in [7, 11) is -3.75. The van der Waals surface area contributed by atoms with E-state index >= 15 is 0 Å². The topological polar surface area (TPSA) is 144 Å². The number of carbonyl (C=O) groups is 1. The monoisotopic (exact) mass is 473 g/mol. The number of carbonyl (C=O) groups excluding carboxylic acids is 1. The van der Waals surface area contributed by atoms with Crippen LogP contribution in [0.3, 0.4) is 0 Å². The van der Waals surface area contributed by atoms with Crippen molar-refractivity contribution >= 4 is 33.3 Å². The van der Waals surface area contributed by atoms with E-state index in [1.165, 1.54) is 37.1 Å². The molecule has 0 bridgehead atoms. The molecule has 1 fully saturated rings. The van der Waals surface area contributed by atoms with E-state index in [1.807, 2.05) is 6.07 Å². The van der Waals surface area contributed by atoms with Crippen LogP contribution in [0.1, 0.15) is 25.3 Å². The quantitative estimate of drug-likeness (QED) is 0.172. The first-order chi connectivity index (χ1) is 15.8. The molecular formula is C22H31N7O3S. The minimum atomic E-state index is -3.75. The Bertz CT molecular complexity index is 1070. The van der Waals surface area contributed by atoms with Gasteiger partial charge in [0.25, 0.3) is 10.0 Å². The molecule has 33 heavy (non-hydrogen) atoms. The summed E-state index contributed by atoms with van der Waals surface area (Å²) < 4.78 is 23.4. The van der Waals surface area contributed by atoms with Gasteiger partial charge in [-0.15, -0.1) is 0 Å². The van der Waals surface area contributed by atoms with Gasteiger partial charge in [-0.1, -0.05) is 25.5 Å². The molecule has 2 amide bonds.